The van der Waals surface area contributed by atoms with E-state index in [1.807, 2.05) is 4.90 Å². The van der Waals surface area contributed by atoms with Crippen LogP contribution in [0, 0.1) is 11.6 Å². The molecular formula is C17H23F2N3O2. The molecular weight excluding hydrogens is 316 g/mol. The Morgan fingerprint density at radius 2 is 2.17 bits per heavy atom. The summed E-state index contributed by atoms with van der Waals surface area (Å²) in [5.41, 5.74) is 0.0897. The zero-order valence-electron chi connectivity index (χ0n) is 13.6. The van der Waals surface area contributed by atoms with Gasteiger partial charge in [0.05, 0.1) is 13.2 Å². The number of carbonyl (C=O) groups is 1. The fraction of sp³-hybridized carbons (Fsp3) is 0.588. The Balaban J connectivity index is 1.55. The number of hydrogen-bond acceptors (Lipinski definition) is 4. The smallest absolute Gasteiger partial charge is 0.239 e. The molecule has 1 aromatic rings. The van der Waals surface area contributed by atoms with Crippen LogP contribution in [0.1, 0.15) is 18.4 Å². The van der Waals surface area contributed by atoms with Gasteiger partial charge in [-0.2, -0.15) is 0 Å². The predicted octanol–water partition coefficient (Wildman–Crippen LogP) is 1.03. The molecule has 2 fully saturated rings. The number of piperidine rings is 1. The van der Waals surface area contributed by atoms with Crippen LogP contribution in [0.5, 0.6) is 0 Å². The van der Waals surface area contributed by atoms with Gasteiger partial charge in [0.15, 0.2) is 0 Å². The van der Waals surface area contributed by atoms with Gasteiger partial charge < -0.3 is 15.4 Å². The Bertz CT molecular complexity index is 559. The van der Waals surface area contributed by atoms with E-state index in [-0.39, 0.29) is 30.1 Å². The first kappa shape index (κ1) is 17.3. The van der Waals surface area contributed by atoms with Crippen LogP contribution >= 0.6 is 0 Å². The highest BCUT2D eigenvalue weighted by molar-refractivity contribution is 5.82. The minimum Gasteiger partial charge on any atom is -0.378 e. The maximum atomic E-state index is 13.8. The van der Waals surface area contributed by atoms with Crippen molar-refractivity contribution in [2.45, 2.75) is 31.5 Å². The molecule has 1 amide bonds. The van der Waals surface area contributed by atoms with Gasteiger partial charge in [0.25, 0.3) is 0 Å². The summed E-state index contributed by atoms with van der Waals surface area (Å²) in [5, 5.41) is 6.15. The van der Waals surface area contributed by atoms with Gasteiger partial charge in [-0.15, -0.1) is 0 Å². The van der Waals surface area contributed by atoms with E-state index in [2.05, 4.69) is 10.6 Å². The highest BCUT2D eigenvalue weighted by atomic mass is 19.1. The lowest BCUT2D eigenvalue weighted by molar-refractivity contribution is -0.127. The number of rotatable bonds is 4. The minimum absolute atomic E-state index is 0.00943. The van der Waals surface area contributed by atoms with E-state index in [4.69, 9.17) is 4.74 Å². The molecule has 2 atom stereocenters. The van der Waals surface area contributed by atoms with Crippen molar-refractivity contribution in [2.24, 2.45) is 0 Å². The van der Waals surface area contributed by atoms with Gasteiger partial charge in [0, 0.05) is 31.2 Å². The van der Waals surface area contributed by atoms with E-state index in [9.17, 15) is 13.6 Å². The van der Waals surface area contributed by atoms with E-state index in [0.29, 0.717) is 26.3 Å². The Kier molecular flexibility index (Phi) is 5.76. The molecule has 5 nitrogen and oxygen atoms in total. The van der Waals surface area contributed by atoms with Crippen LogP contribution in [0.25, 0.3) is 0 Å². The number of morpholine rings is 1. The van der Waals surface area contributed by atoms with E-state index in [0.717, 1.165) is 19.4 Å². The van der Waals surface area contributed by atoms with E-state index >= 15 is 0 Å². The Labute approximate surface area is 140 Å². The molecule has 0 spiro atoms. The molecule has 0 saturated carbocycles. The van der Waals surface area contributed by atoms with E-state index in [1.165, 1.54) is 18.2 Å². The van der Waals surface area contributed by atoms with Crippen molar-refractivity contribution < 1.29 is 18.3 Å². The largest absolute Gasteiger partial charge is 0.378 e. The quantitative estimate of drug-likeness (QED) is 0.861. The molecule has 2 unspecified atom stereocenters. The monoisotopic (exact) mass is 339 g/mol. The van der Waals surface area contributed by atoms with Crippen LogP contribution in [0.2, 0.25) is 0 Å². The fourth-order valence-electron chi connectivity index (χ4n) is 3.26. The SMILES string of the molecule is O=C(NC1CCCN(Cc2c(F)cccc2F)C1)C1COCCN1. The highest BCUT2D eigenvalue weighted by Crippen LogP contribution is 2.18. The van der Waals surface area contributed by atoms with Crippen LogP contribution in [0.3, 0.4) is 0 Å². The lowest BCUT2D eigenvalue weighted by Crippen LogP contribution is -2.56. The molecule has 2 aliphatic rings. The normalized spacial score (nSPS) is 25.4. The first-order valence-corrected chi connectivity index (χ1v) is 8.40. The number of ether oxygens (including phenoxy) is 1. The van der Waals surface area contributed by atoms with Gasteiger partial charge in [-0.3, -0.25) is 9.69 Å². The molecule has 0 aliphatic carbocycles. The first-order valence-electron chi connectivity index (χ1n) is 8.40. The second kappa shape index (κ2) is 8.00. The van der Waals surface area contributed by atoms with Crippen LogP contribution in [-0.4, -0.2) is 55.7 Å². The molecule has 2 heterocycles. The number of hydrogen-bond donors (Lipinski definition) is 2. The fourth-order valence-corrected chi connectivity index (χ4v) is 3.26. The summed E-state index contributed by atoms with van der Waals surface area (Å²) in [5.74, 6) is -1.12. The van der Waals surface area contributed by atoms with Gasteiger partial charge in [-0.1, -0.05) is 6.07 Å². The molecule has 7 heteroatoms. The minimum atomic E-state index is -0.523. The number of nitrogens with zero attached hydrogens (tertiary/aromatic N) is 1. The van der Waals surface area contributed by atoms with Crippen LogP contribution in [0.15, 0.2) is 18.2 Å². The highest BCUT2D eigenvalue weighted by Gasteiger charge is 2.27. The van der Waals surface area contributed by atoms with Gasteiger partial charge in [0.2, 0.25) is 5.91 Å². The zero-order chi connectivity index (χ0) is 16.9. The summed E-state index contributed by atoms with van der Waals surface area (Å²) in [6, 6.07) is 3.59. The van der Waals surface area contributed by atoms with Gasteiger partial charge in [-0.25, -0.2) is 8.78 Å². The molecule has 0 radical (unpaired) electrons. The third-order valence-electron chi connectivity index (χ3n) is 4.53. The van der Waals surface area contributed by atoms with Gasteiger partial charge in [0.1, 0.15) is 17.7 Å². The molecule has 24 heavy (non-hydrogen) atoms. The van der Waals surface area contributed by atoms with Crippen molar-refractivity contribution in [3.63, 3.8) is 0 Å². The van der Waals surface area contributed by atoms with Crippen LogP contribution in [0.4, 0.5) is 8.78 Å². The number of halogens is 2. The number of carbonyl (C=O) groups excluding carboxylic acids is 1. The molecule has 2 saturated heterocycles. The number of nitrogens with one attached hydrogen (secondary N) is 2. The first-order chi connectivity index (χ1) is 11.6. The molecule has 1 aromatic carbocycles. The Morgan fingerprint density at radius 3 is 2.88 bits per heavy atom. The Morgan fingerprint density at radius 1 is 1.38 bits per heavy atom. The summed E-state index contributed by atoms with van der Waals surface area (Å²) in [6.07, 6.45) is 1.76. The maximum Gasteiger partial charge on any atom is 0.239 e. The molecule has 2 aliphatic heterocycles. The standard InChI is InChI=1S/C17H23F2N3O2/c18-14-4-1-5-15(19)13(14)10-22-7-2-3-12(9-22)21-17(23)16-11-24-8-6-20-16/h1,4-5,12,16,20H,2-3,6-11H2,(H,21,23). The molecule has 2 N–H and O–H groups in total. The number of likely N-dealkylation sites (tertiary alicyclic amines) is 1. The van der Waals surface area contributed by atoms with Crippen LogP contribution < -0.4 is 10.6 Å². The summed E-state index contributed by atoms with van der Waals surface area (Å²) >= 11 is 0. The average molecular weight is 339 g/mol. The van der Waals surface area contributed by atoms with E-state index in [1.54, 1.807) is 0 Å². The maximum absolute atomic E-state index is 13.8. The topological polar surface area (TPSA) is 53.6 Å². The van der Waals surface area contributed by atoms with Crippen molar-refractivity contribution >= 4 is 5.91 Å². The third-order valence-corrected chi connectivity index (χ3v) is 4.53. The summed E-state index contributed by atoms with van der Waals surface area (Å²) in [6.45, 7) is 3.24. The van der Waals surface area contributed by atoms with Crippen molar-refractivity contribution in [2.75, 3.05) is 32.8 Å². The lowest BCUT2D eigenvalue weighted by Gasteiger charge is -2.34. The lowest BCUT2D eigenvalue weighted by atomic mass is 10.0. The van der Waals surface area contributed by atoms with Crippen molar-refractivity contribution in [3.8, 4) is 0 Å². The van der Waals surface area contributed by atoms with E-state index < -0.39 is 11.6 Å². The predicted molar refractivity (Wildman–Crippen MR) is 85.4 cm³/mol. The molecule has 3 rings (SSSR count). The van der Waals surface area contributed by atoms with Crippen molar-refractivity contribution in [1.82, 2.24) is 15.5 Å². The second-order valence-corrected chi connectivity index (χ2v) is 6.36. The van der Waals surface area contributed by atoms with Crippen LogP contribution in [-0.2, 0) is 16.1 Å². The summed E-state index contributed by atoms with van der Waals surface area (Å²) in [4.78, 5) is 14.2. The molecule has 0 bridgehead atoms. The molecule has 132 valence electrons. The zero-order valence-corrected chi connectivity index (χ0v) is 13.6. The Hall–Kier alpha value is -1.57. The number of benzene rings is 1. The average Bonchev–Trinajstić information content (AvgIpc) is 2.59. The second-order valence-electron chi connectivity index (χ2n) is 6.36. The van der Waals surface area contributed by atoms with Crippen molar-refractivity contribution in [1.29, 1.82) is 0 Å². The number of amides is 1. The third kappa shape index (κ3) is 4.28. The van der Waals surface area contributed by atoms with Crippen molar-refractivity contribution in [3.05, 3.63) is 35.4 Å². The summed E-state index contributed by atoms with van der Waals surface area (Å²) in [7, 11) is 0. The van der Waals surface area contributed by atoms with Gasteiger partial charge in [-0.05, 0) is 31.5 Å². The van der Waals surface area contributed by atoms with Gasteiger partial charge >= 0.3 is 0 Å². The molecule has 0 aromatic heterocycles. The summed E-state index contributed by atoms with van der Waals surface area (Å²) < 4.78 is 32.9.